The molecule has 0 saturated heterocycles. The van der Waals surface area contributed by atoms with Crippen molar-refractivity contribution >= 4 is 23.1 Å². The third kappa shape index (κ3) is 4.92. The summed E-state index contributed by atoms with van der Waals surface area (Å²) in [5.41, 5.74) is 6.84. The Hall–Kier alpha value is -2.28. The summed E-state index contributed by atoms with van der Waals surface area (Å²) in [6.07, 6.45) is 1.20. The van der Waals surface area contributed by atoms with Gasteiger partial charge in [0.05, 0.1) is 18.0 Å². The molecule has 0 atom stereocenters. The number of ether oxygens (including phenoxy) is 1. The molecule has 3 N–H and O–H groups in total. The van der Waals surface area contributed by atoms with Crippen molar-refractivity contribution in [2.45, 2.75) is 6.92 Å². The lowest BCUT2D eigenvalue weighted by Gasteiger charge is -2.24. The summed E-state index contributed by atoms with van der Waals surface area (Å²) < 4.78 is 5.43. The molecule has 1 amide bonds. The molecule has 1 aromatic rings. The number of anilines is 3. The number of rotatable bonds is 8. The highest BCUT2D eigenvalue weighted by Crippen LogP contribution is 2.31. The molecule has 0 radical (unpaired) electrons. The Labute approximate surface area is 131 Å². The van der Waals surface area contributed by atoms with Crippen molar-refractivity contribution in [3.05, 3.63) is 18.7 Å². The molecule has 0 spiro atoms. The number of hydrogen-bond donors (Lipinski definition) is 2. The zero-order chi connectivity index (χ0) is 16.7. The topological polar surface area (TPSA) is 83.7 Å². The Morgan fingerprint density at radius 1 is 1.45 bits per heavy atom. The van der Waals surface area contributed by atoms with Crippen LogP contribution in [0, 0.1) is 0 Å². The molecule has 7 nitrogen and oxygen atoms in total. The van der Waals surface area contributed by atoms with Crippen LogP contribution in [0.3, 0.4) is 0 Å². The summed E-state index contributed by atoms with van der Waals surface area (Å²) in [5.74, 6) is 0.660. The van der Waals surface area contributed by atoms with E-state index in [9.17, 15) is 4.79 Å². The number of nitrogens with two attached hydrogens (primary N) is 1. The molecule has 0 unspecified atom stereocenters. The molecule has 0 aliphatic rings. The molecule has 0 aliphatic heterocycles. The third-order valence-corrected chi connectivity index (χ3v) is 2.96. The first-order valence-electron chi connectivity index (χ1n) is 7.11. The largest absolute Gasteiger partial charge is 0.476 e. The average Bonchev–Trinajstić information content (AvgIpc) is 2.47. The van der Waals surface area contributed by atoms with Gasteiger partial charge in [0.25, 0.3) is 0 Å². The predicted octanol–water partition coefficient (Wildman–Crippen LogP) is 1.18. The van der Waals surface area contributed by atoms with Crippen molar-refractivity contribution in [3.63, 3.8) is 0 Å². The van der Waals surface area contributed by atoms with Crippen LogP contribution in [0.2, 0.25) is 0 Å². The van der Waals surface area contributed by atoms with Crippen molar-refractivity contribution in [3.8, 4) is 5.88 Å². The van der Waals surface area contributed by atoms with E-state index in [1.807, 2.05) is 33.0 Å². The van der Waals surface area contributed by atoms with Crippen molar-refractivity contribution in [2.24, 2.45) is 0 Å². The lowest BCUT2D eigenvalue weighted by molar-refractivity contribution is -0.111. The highest BCUT2D eigenvalue weighted by molar-refractivity contribution is 6.01. The van der Waals surface area contributed by atoms with E-state index in [-0.39, 0.29) is 5.91 Å². The van der Waals surface area contributed by atoms with Crippen LogP contribution in [0.25, 0.3) is 0 Å². The molecule has 122 valence electrons. The fourth-order valence-electron chi connectivity index (χ4n) is 1.78. The van der Waals surface area contributed by atoms with E-state index in [1.165, 1.54) is 6.08 Å². The van der Waals surface area contributed by atoms with E-state index in [2.05, 4.69) is 21.8 Å². The number of carbonyl (C=O) groups is 1. The first kappa shape index (κ1) is 17.8. The number of aromatic nitrogens is 1. The van der Waals surface area contributed by atoms with Crippen LogP contribution in [0.4, 0.5) is 17.2 Å². The lowest BCUT2D eigenvalue weighted by Crippen LogP contribution is -2.30. The maximum absolute atomic E-state index is 11.6. The van der Waals surface area contributed by atoms with Crippen LogP contribution in [-0.4, -0.2) is 56.6 Å². The van der Waals surface area contributed by atoms with Crippen LogP contribution in [-0.2, 0) is 4.79 Å². The van der Waals surface area contributed by atoms with Gasteiger partial charge in [0, 0.05) is 20.1 Å². The maximum atomic E-state index is 11.6. The fraction of sp³-hybridized carbons (Fsp3) is 0.467. The molecule has 1 rings (SSSR count). The van der Waals surface area contributed by atoms with Crippen LogP contribution >= 0.6 is 0 Å². The second kappa shape index (κ2) is 8.23. The molecule has 0 aliphatic carbocycles. The Morgan fingerprint density at radius 2 is 2.14 bits per heavy atom. The van der Waals surface area contributed by atoms with Crippen molar-refractivity contribution in [2.75, 3.05) is 56.8 Å². The van der Waals surface area contributed by atoms with Crippen molar-refractivity contribution < 1.29 is 9.53 Å². The lowest BCUT2D eigenvalue weighted by atomic mass is 10.3. The second-order valence-electron chi connectivity index (χ2n) is 5.11. The molecule has 7 heteroatoms. The molecule has 1 aromatic heterocycles. The number of carbonyl (C=O) groups excluding carboxylic acids is 1. The van der Waals surface area contributed by atoms with Gasteiger partial charge in [0.2, 0.25) is 11.8 Å². The monoisotopic (exact) mass is 307 g/mol. The summed E-state index contributed by atoms with van der Waals surface area (Å²) in [6.45, 7) is 7.38. The number of amides is 1. The molecule has 0 bridgehead atoms. The Morgan fingerprint density at radius 3 is 2.68 bits per heavy atom. The van der Waals surface area contributed by atoms with E-state index in [0.29, 0.717) is 29.7 Å². The minimum absolute atomic E-state index is 0.312. The summed E-state index contributed by atoms with van der Waals surface area (Å²) in [6, 6.07) is 1.65. The molecule has 1 heterocycles. The maximum Gasteiger partial charge on any atom is 0.247 e. The standard InChI is InChI=1S/C15H25N5O2/c1-6-13(21)17-12-10-11(16)15(22-7-2)18-14(12)20(5)9-8-19(3)4/h6,10H,1,7-9,16H2,2-5H3,(H,17,21). The third-order valence-electron chi connectivity index (χ3n) is 2.96. The van der Waals surface area contributed by atoms with Gasteiger partial charge in [-0.05, 0) is 33.2 Å². The fourth-order valence-corrected chi connectivity index (χ4v) is 1.78. The molecular formula is C15H25N5O2. The van der Waals surface area contributed by atoms with Crippen LogP contribution in [0.15, 0.2) is 18.7 Å². The van der Waals surface area contributed by atoms with E-state index < -0.39 is 0 Å². The van der Waals surface area contributed by atoms with E-state index >= 15 is 0 Å². The van der Waals surface area contributed by atoms with Gasteiger partial charge in [-0.2, -0.15) is 4.98 Å². The number of nitrogens with one attached hydrogen (secondary N) is 1. The van der Waals surface area contributed by atoms with Gasteiger partial charge < -0.3 is 25.6 Å². The first-order chi connectivity index (χ1) is 10.4. The average molecular weight is 307 g/mol. The van der Waals surface area contributed by atoms with Crippen molar-refractivity contribution in [1.82, 2.24) is 9.88 Å². The Bertz CT molecular complexity index is 531. The van der Waals surface area contributed by atoms with Crippen LogP contribution in [0.1, 0.15) is 6.92 Å². The zero-order valence-electron chi connectivity index (χ0n) is 13.7. The normalized spacial score (nSPS) is 10.4. The van der Waals surface area contributed by atoms with E-state index in [4.69, 9.17) is 10.5 Å². The van der Waals surface area contributed by atoms with Gasteiger partial charge >= 0.3 is 0 Å². The molecule has 22 heavy (non-hydrogen) atoms. The number of pyridine rings is 1. The number of nitrogens with zero attached hydrogens (tertiary/aromatic N) is 3. The number of nitrogen functional groups attached to an aromatic ring is 1. The quantitative estimate of drug-likeness (QED) is 0.702. The van der Waals surface area contributed by atoms with Crippen LogP contribution < -0.4 is 20.7 Å². The molecule has 0 saturated carbocycles. The van der Waals surface area contributed by atoms with Gasteiger partial charge in [-0.3, -0.25) is 4.79 Å². The van der Waals surface area contributed by atoms with Gasteiger partial charge in [0.15, 0.2) is 5.82 Å². The van der Waals surface area contributed by atoms with Gasteiger partial charge in [-0.15, -0.1) is 0 Å². The highest BCUT2D eigenvalue weighted by Gasteiger charge is 2.16. The molecule has 0 aromatic carbocycles. The minimum atomic E-state index is -0.312. The summed E-state index contributed by atoms with van der Waals surface area (Å²) >= 11 is 0. The summed E-state index contributed by atoms with van der Waals surface area (Å²) in [5, 5.41) is 2.73. The first-order valence-corrected chi connectivity index (χ1v) is 7.11. The smallest absolute Gasteiger partial charge is 0.247 e. The van der Waals surface area contributed by atoms with Gasteiger partial charge in [-0.25, -0.2) is 0 Å². The SMILES string of the molecule is C=CC(=O)Nc1cc(N)c(OCC)nc1N(C)CCN(C)C. The van der Waals surface area contributed by atoms with Gasteiger partial charge in [-0.1, -0.05) is 6.58 Å². The number of likely N-dealkylation sites (N-methyl/N-ethyl adjacent to an activating group) is 2. The molecule has 0 fully saturated rings. The Balaban J connectivity index is 3.14. The predicted molar refractivity (Wildman–Crippen MR) is 90.5 cm³/mol. The molecular weight excluding hydrogens is 282 g/mol. The van der Waals surface area contributed by atoms with E-state index in [1.54, 1.807) is 6.07 Å². The number of hydrogen-bond acceptors (Lipinski definition) is 6. The Kier molecular flexibility index (Phi) is 6.65. The second-order valence-corrected chi connectivity index (χ2v) is 5.11. The summed E-state index contributed by atoms with van der Waals surface area (Å²) in [4.78, 5) is 20.0. The van der Waals surface area contributed by atoms with Crippen LogP contribution in [0.5, 0.6) is 5.88 Å². The zero-order valence-corrected chi connectivity index (χ0v) is 13.7. The highest BCUT2D eigenvalue weighted by atomic mass is 16.5. The van der Waals surface area contributed by atoms with Crippen molar-refractivity contribution in [1.29, 1.82) is 0 Å². The summed E-state index contributed by atoms with van der Waals surface area (Å²) in [7, 11) is 5.90. The van der Waals surface area contributed by atoms with E-state index in [0.717, 1.165) is 13.1 Å². The minimum Gasteiger partial charge on any atom is -0.476 e. The van der Waals surface area contributed by atoms with Gasteiger partial charge in [0.1, 0.15) is 0 Å².